The van der Waals surface area contributed by atoms with Crippen molar-refractivity contribution in [1.82, 2.24) is 0 Å². The van der Waals surface area contributed by atoms with Crippen LogP contribution in [0, 0.1) is 0 Å². The van der Waals surface area contributed by atoms with Crippen LogP contribution >= 0.6 is 11.3 Å². The van der Waals surface area contributed by atoms with Gasteiger partial charge in [0.2, 0.25) is 0 Å². The molecule has 1 heterocycles. The molecule has 1 nitrogen and oxygen atoms in total. The van der Waals surface area contributed by atoms with Crippen molar-refractivity contribution in [3.8, 4) is 0 Å². The fraction of sp³-hybridized carbons (Fsp3) is 0.188. The highest BCUT2D eigenvalue weighted by Gasteiger charge is 2.06. The van der Waals surface area contributed by atoms with E-state index in [1.165, 1.54) is 5.57 Å². The van der Waals surface area contributed by atoms with Gasteiger partial charge in [0, 0.05) is 0 Å². The third-order valence-electron chi connectivity index (χ3n) is 2.29. The summed E-state index contributed by atoms with van der Waals surface area (Å²) in [4.78, 5) is 5.87. The van der Waals surface area contributed by atoms with Crippen LogP contribution in [0.5, 0.6) is 0 Å². The summed E-state index contributed by atoms with van der Waals surface area (Å²) < 4.78 is 0. The molecule has 2 heteroatoms. The Bertz CT molecular complexity index is 509. The van der Waals surface area contributed by atoms with Crippen LogP contribution in [0.4, 0.5) is 0 Å². The van der Waals surface area contributed by atoms with Gasteiger partial charge in [-0.2, -0.15) is 0 Å². The molecule has 1 aromatic rings. The third kappa shape index (κ3) is 3.97. The van der Waals surface area contributed by atoms with Crippen molar-refractivity contribution in [2.75, 3.05) is 0 Å². The molecular formula is C16H19NS. The molecule has 0 aliphatic rings. The van der Waals surface area contributed by atoms with Crippen LogP contribution in [0.25, 0.3) is 0 Å². The summed E-state index contributed by atoms with van der Waals surface area (Å²) in [5.74, 6) is 0. The number of allylic oxidation sites excluding steroid dienone is 5. The highest BCUT2D eigenvalue weighted by atomic mass is 32.1. The molecule has 1 aromatic heterocycles. The van der Waals surface area contributed by atoms with Gasteiger partial charge in [-0.3, -0.25) is 0 Å². The van der Waals surface area contributed by atoms with Gasteiger partial charge in [-0.05, 0) is 43.9 Å². The maximum Gasteiger partial charge on any atom is 0.0832 e. The fourth-order valence-corrected chi connectivity index (χ4v) is 2.16. The molecule has 0 saturated carbocycles. The summed E-state index contributed by atoms with van der Waals surface area (Å²) in [6.07, 6.45) is 5.62. The predicted octanol–water partition coefficient (Wildman–Crippen LogP) is 5.15. The van der Waals surface area contributed by atoms with Gasteiger partial charge in [-0.25, -0.2) is 4.99 Å². The first-order chi connectivity index (χ1) is 8.56. The lowest BCUT2D eigenvalue weighted by molar-refractivity contribution is 1.25. The molecule has 0 aromatic carbocycles. The van der Waals surface area contributed by atoms with Gasteiger partial charge < -0.3 is 0 Å². The fourth-order valence-electron chi connectivity index (χ4n) is 1.37. The van der Waals surface area contributed by atoms with E-state index in [1.54, 1.807) is 17.4 Å². The molecule has 18 heavy (non-hydrogen) atoms. The summed E-state index contributed by atoms with van der Waals surface area (Å²) in [5.41, 5.74) is 4.06. The van der Waals surface area contributed by atoms with Crippen LogP contribution in [0.2, 0.25) is 0 Å². The number of thiophene rings is 1. The quantitative estimate of drug-likeness (QED) is 0.511. The zero-order chi connectivity index (χ0) is 13.5. The van der Waals surface area contributed by atoms with Gasteiger partial charge in [0.05, 0.1) is 16.3 Å². The van der Waals surface area contributed by atoms with Crippen LogP contribution in [0.15, 0.2) is 70.7 Å². The normalized spacial score (nSPS) is 11.6. The van der Waals surface area contributed by atoms with Gasteiger partial charge in [0.15, 0.2) is 0 Å². The monoisotopic (exact) mass is 257 g/mol. The Hall–Kier alpha value is -1.67. The third-order valence-corrected chi connectivity index (χ3v) is 3.17. The first-order valence-corrected chi connectivity index (χ1v) is 6.69. The molecule has 0 bridgehead atoms. The van der Waals surface area contributed by atoms with Gasteiger partial charge in [0.1, 0.15) is 0 Å². The first-order valence-electron chi connectivity index (χ1n) is 5.81. The lowest BCUT2D eigenvalue weighted by atomic mass is 10.1. The molecular weight excluding hydrogens is 238 g/mol. The molecule has 0 radical (unpaired) electrons. The van der Waals surface area contributed by atoms with Gasteiger partial charge in [-0.1, -0.05) is 36.9 Å². The summed E-state index contributed by atoms with van der Waals surface area (Å²) in [7, 11) is 0. The lowest BCUT2D eigenvalue weighted by Crippen LogP contribution is -2.00. The molecule has 0 N–H and O–H groups in total. The smallest absolute Gasteiger partial charge is 0.0832 e. The largest absolute Gasteiger partial charge is 0.247 e. The molecule has 0 fully saturated rings. The Morgan fingerprint density at radius 3 is 2.50 bits per heavy atom. The molecule has 0 aliphatic heterocycles. The number of hydrogen-bond donors (Lipinski definition) is 0. The van der Waals surface area contributed by atoms with Crippen molar-refractivity contribution in [3.63, 3.8) is 0 Å². The lowest BCUT2D eigenvalue weighted by Gasteiger charge is -2.05. The summed E-state index contributed by atoms with van der Waals surface area (Å²) >= 11 is 1.68. The van der Waals surface area contributed by atoms with E-state index in [0.29, 0.717) is 0 Å². The SMILES string of the molecule is C=C/C=C\C(/N=C(\C(=C)C)c1cccs1)=C(C)C. The molecule has 0 unspecified atom stereocenters. The Labute approximate surface area is 114 Å². The summed E-state index contributed by atoms with van der Waals surface area (Å²) in [6, 6.07) is 4.10. The Balaban J connectivity index is 3.24. The van der Waals surface area contributed by atoms with E-state index in [-0.39, 0.29) is 0 Å². The van der Waals surface area contributed by atoms with E-state index in [0.717, 1.165) is 21.9 Å². The van der Waals surface area contributed by atoms with Crippen LogP contribution < -0.4 is 0 Å². The van der Waals surface area contributed by atoms with E-state index in [2.05, 4.69) is 38.5 Å². The number of nitrogens with zero attached hydrogens (tertiary/aromatic N) is 1. The predicted molar refractivity (Wildman–Crippen MR) is 83.4 cm³/mol. The van der Waals surface area contributed by atoms with E-state index >= 15 is 0 Å². The molecule has 0 aliphatic carbocycles. The number of rotatable bonds is 5. The van der Waals surface area contributed by atoms with E-state index < -0.39 is 0 Å². The van der Waals surface area contributed by atoms with Crippen LogP contribution in [0.1, 0.15) is 25.6 Å². The van der Waals surface area contributed by atoms with Crippen molar-refractivity contribution >= 4 is 17.0 Å². The number of hydrogen-bond acceptors (Lipinski definition) is 2. The maximum atomic E-state index is 4.73. The van der Waals surface area contributed by atoms with Crippen LogP contribution in [-0.2, 0) is 0 Å². The van der Waals surface area contributed by atoms with Gasteiger partial charge >= 0.3 is 0 Å². The van der Waals surface area contributed by atoms with Gasteiger partial charge in [-0.15, -0.1) is 11.3 Å². The second kappa shape index (κ2) is 6.92. The summed E-state index contributed by atoms with van der Waals surface area (Å²) in [5, 5.41) is 2.05. The van der Waals surface area contributed by atoms with Crippen molar-refractivity contribution in [1.29, 1.82) is 0 Å². The van der Waals surface area contributed by atoms with Gasteiger partial charge in [0.25, 0.3) is 0 Å². The van der Waals surface area contributed by atoms with Crippen molar-refractivity contribution in [2.24, 2.45) is 4.99 Å². The molecule has 0 amide bonds. The average Bonchev–Trinajstić information content (AvgIpc) is 2.81. The van der Waals surface area contributed by atoms with Crippen LogP contribution in [0.3, 0.4) is 0 Å². The number of aliphatic imine (C=N–C) groups is 1. The Morgan fingerprint density at radius 2 is 2.06 bits per heavy atom. The van der Waals surface area contributed by atoms with Crippen molar-refractivity contribution in [3.05, 3.63) is 70.6 Å². The molecule has 94 valence electrons. The zero-order valence-electron chi connectivity index (χ0n) is 11.2. The van der Waals surface area contributed by atoms with Crippen LogP contribution in [-0.4, -0.2) is 5.71 Å². The molecule has 0 spiro atoms. The molecule has 0 atom stereocenters. The Kier molecular flexibility index (Phi) is 5.53. The van der Waals surface area contributed by atoms with E-state index in [9.17, 15) is 0 Å². The highest BCUT2D eigenvalue weighted by Crippen LogP contribution is 2.18. The second-order valence-corrected chi connectivity index (χ2v) is 5.15. The van der Waals surface area contributed by atoms with Crippen molar-refractivity contribution < 1.29 is 0 Å². The first kappa shape index (κ1) is 14.4. The summed E-state index contributed by atoms with van der Waals surface area (Å²) in [6.45, 7) is 13.8. The Morgan fingerprint density at radius 1 is 1.33 bits per heavy atom. The van der Waals surface area contributed by atoms with Crippen molar-refractivity contribution in [2.45, 2.75) is 20.8 Å². The standard InChI is InChI=1S/C16H19NS/c1-6-7-9-14(12(2)3)17-16(13(4)5)15-10-8-11-18-15/h6-11H,1,4H2,2-3,5H3/b9-7-,17-16+. The van der Waals surface area contributed by atoms with E-state index in [1.807, 2.05) is 25.1 Å². The second-order valence-electron chi connectivity index (χ2n) is 4.20. The van der Waals surface area contributed by atoms with E-state index in [4.69, 9.17) is 4.99 Å². The maximum absolute atomic E-state index is 4.73. The zero-order valence-corrected chi connectivity index (χ0v) is 12.1. The molecule has 0 saturated heterocycles. The minimum absolute atomic E-state index is 0.954. The minimum atomic E-state index is 0.954. The minimum Gasteiger partial charge on any atom is -0.247 e. The molecule has 1 rings (SSSR count). The topological polar surface area (TPSA) is 12.4 Å². The average molecular weight is 257 g/mol. The highest BCUT2D eigenvalue weighted by molar-refractivity contribution is 7.12.